The van der Waals surface area contributed by atoms with Gasteiger partial charge in [0.25, 0.3) is 11.8 Å². The highest BCUT2D eigenvalue weighted by Crippen LogP contribution is 2.29. The fourth-order valence-corrected chi connectivity index (χ4v) is 3.55. The predicted molar refractivity (Wildman–Crippen MR) is 130 cm³/mol. The van der Waals surface area contributed by atoms with E-state index < -0.39 is 47.8 Å². The Morgan fingerprint density at radius 1 is 0.927 bits per heavy atom. The van der Waals surface area contributed by atoms with Crippen molar-refractivity contribution in [2.45, 2.75) is 31.5 Å². The van der Waals surface area contributed by atoms with Crippen molar-refractivity contribution in [1.29, 1.82) is 0 Å². The molecular weight excluding hydrogens is 563 g/mol. The van der Waals surface area contributed by atoms with Crippen LogP contribution in [0.5, 0.6) is 0 Å². The van der Waals surface area contributed by atoms with Crippen LogP contribution >= 0.6 is 0 Å². The molecule has 4 N–H and O–H groups in total. The normalized spacial score (nSPS) is 16.6. The van der Waals surface area contributed by atoms with Crippen molar-refractivity contribution in [1.82, 2.24) is 10.2 Å². The van der Waals surface area contributed by atoms with Crippen molar-refractivity contribution in [3.05, 3.63) is 29.3 Å². The first kappa shape index (κ1) is 33.1. The van der Waals surface area contributed by atoms with E-state index in [1.54, 1.807) is 12.1 Å². The monoisotopic (exact) mass is 591 g/mol. The number of rotatable bonds is 14. The van der Waals surface area contributed by atoms with Crippen molar-refractivity contribution in [2.24, 2.45) is 0 Å². The van der Waals surface area contributed by atoms with Crippen LogP contribution < -0.4 is 10.6 Å². The summed E-state index contributed by atoms with van der Waals surface area (Å²) in [6, 6.07) is 3.78. The van der Waals surface area contributed by atoms with E-state index in [2.05, 4.69) is 10.6 Å². The summed E-state index contributed by atoms with van der Waals surface area (Å²) in [4.78, 5) is 69.1. The third-order valence-electron chi connectivity index (χ3n) is 5.46. The lowest BCUT2D eigenvalue weighted by Crippen LogP contribution is -2.54. The molecule has 1 aromatic rings. The summed E-state index contributed by atoms with van der Waals surface area (Å²) in [7, 11) is 0. The molecule has 0 aliphatic carbocycles. The van der Waals surface area contributed by atoms with Crippen molar-refractivity contribution < 1.29 is 66.4 Å². The number of hydrogen-bond acceptors (Lipinski definition) is 10. The molecule has 17 heteroatoms. The lowest BCUT2D eigenvalue weighted by atomic mass is 10.0. The number of benzene rings is 1. The molecule has 4 amide bonds. The number of piperidine rings is 1. The van der Waals surface area contributed by atoms with Gasteiger partial charge in [0.05, 0.1) is 57.2 Å². The van der Waals surface area contributed by atoms with E-state index in [0.29, 0.717) is 45.3 Å². The number of carbonyl (C=O) groups excluding carboxylic acids is 4. The van der Waals surface area contributed by atoms with Crippen LogP contribution in [0.2, 0.25) is 0 Å². The van der Waals surface area contributed by atoms with Crippen LogP contribution in [0.25, 0.3) is 0 Å². The summed E-state index contributed by atoms with van der Waals surface area (Å²) in [6.07, 6.45) is -4.94. The first-order chi connectivity index (χ1) is 19.3. The Morgan fingerprint density at radius 2 is 1.49 bits per heavy atom. The maximum absolute atomic E-state index is 12.8. The minimum Gasteiger partial charge on any atom is -0.481 e. The Bertz CT molecular complexity index is 1140. The number of nitrogens with zero attached hydrogens (tertiary/aromatic N) is 1. The number of ether oxygens (including phenoxy) is 3. The number of carboxylic acid groups (broad SMARTS) is 2. The summed E-state index contributed by atoms with van der Waals surface area (Å²) in [6.45, 7) is 2.39. The van der Waals surface area contributed by atoms with E-state index in [4.69, 9.17) is 29.2 Å². The van der Waals surface area contributed by atoms with Gasteiger partial charge < -0.3 is 29.7 Å². The van der Waals surface area contributed by atoms with Gasteiger partial charge >= 0.3 is 18.1 Å². The van der Waals surface area contributed by atoms with Gasteiger partial charge in [-0.3, -0.25) is 34.2 Å². The van der Waals surface area contributed by atoms with Gasteiger partial charge in [0.15, 0.2) is 0 Å². The van der Waals surface area contributed by atoms with Crippen molar-refractivity contribution in [3.8, 4) is 0 Å². The highest BCUT2D eigenvalue weighted by atomic mass is 19.4. The molecule has 1 aromatic carbocycles. The standard InChI is InChI=1S/C22H27N3O9.C2HF3O2/c26-18-4-3-17(20(29)24-18)25-21(30)15-2-1-14(13-16(15)22(25)31)23-6-8-33-10-12-34-11-9-32-7-5-19(27)28;3-2(4,5)1(6)7/h1-2,13,17,23H,3-12H2,(H,27,28)(H,24,26,29);(H,6,7). The summed E-state index contributed by atoms with van der Waals surface area (Å²) >= 11 is 0. The van der Waals surface area contributed by atoms with Gasteiger partial charge in [0.2, 0.25) is 11.8 Å². The summed E-state index contributed by atoms with van der Waals surface area (Å²) in [5.74, 6) is -5.82. The Morgan fingerprint density at radius 3 is 2.05 bits per heavy atom. The molecule has 1 atom stereocenters. The minimum atomic E-state index is -5.08. The van der Waals surface area contributed by atoms with Gasteiger partial charge in [-0.25, -0.2) is 4.79 Å². The number of nitrogens with one attached hydrogen (secondary N) is 2. The Hall–Kier alpha value is -4.09. The molecule has 1 unspecified atom stereocenters. The van der Waals surface area contributed by atoms with E-state index in [1.807, 2.05) is 0 Å². The second-order valence-electron chi connectivity index (χ2n) is 8.42. The number of anilines is 1. The zero-order chi connectivity index (χ0) is 30.6. The molecule has 1 fully saturated rings. The van der Waals surface area contributed by atoms with Crippen LogP contribution in [0, 0.1) is 0 Å². The quantitative estimate of drug-likeness (QED) is 0.174. The van der Waals surface area contributed by atoms with E-state index >= 15 is 0 Å². The molecule has 14 nitrogen and oxygen atoms in total. The summed E-state index contributed by atoms with van der Waals surface area (Å²) in [5, 5.41) is 20.9. The molecule has 0 saturated carbocycles. The lowest BCUT2D eigenvalue weighted by molar-refractivity contribution is -0.192. The summed E-state index contributed by atoms with van der Waals surface area (Å²) < 4.78 is 47.6. The zero-order valence-electron chi connectivity index (χ0n) is 21.5. The first-order valence-corrected chi connectivity index (χ1v) is 12.2. The SMILES string of the molecule is O=C(O)C(F)(F)F.O=C(O)CCOCCOCCOCCNc1ccc2c(c1)C(=O)N(C1CCC(=O)NC1=O)C2=O. The number of hydrogen-bond donors (Lipinski definition) is 4. The van der Waals surface area contributed by atoms with E-state index in [9.17, 15) is 37.1 Å². The highest BCUT2D eigenvalue weighted by molar-refractivity contribution is 6.23. The van der Waals surface area contributed by atoms with E-state index in [0.717, 1.165) is 4.90 Å². The second-order valence-corrected chi connectivity index (χ2v) is 8.42. The van der Waals surface area contributed by atoms with Crippen molar-refractivity contribution in [2.75, 3.05) is 51.5 Å². The van der Waals surface area contributed by atoms with Gasteiger partial charge in [-0.2, -0.15) is 13.2 Å². The van der Waals surface area contributed by atoms with E-state index in [-0.39, 0.29) is 37.0 Å². The largest absolute Gasteiger partial charge is 0.490 e. The number of halogens is 3. The zero-order valence-corrected chi connectivity index (χ0v) is 21.5. The molecule has 1 saturated heterocycles. The fourth-order valence-electron chi connectivity index (χ4n) is 3.55. The van der Waals surface area contributed by atoms with Gasteiger partial charge in [-0.15, -0.1) is 0 Å². The molecule has 0 aromatic heterocycles. The van der Waals surface area contributed by atoms with Crippen LogP contribution in [-0.2, 0) is 33.4 Å². The number of carbonyl (C=O) groups is 6. The Kier molecular flexibility index (Phi) is 12.6. The molecule has 2 aliphatic rings. The van der Waals surface area contributed by atoms with Crippen LogP contribution in [-0.4, -0.2) is 109 Å². The molecule has 41 heavy (non-hydrogen) atoms. The highest BCUT2D eigenvalue weighted by Gasteiger charge is 2.44. The molecular formula is C24H28F3N3O11. The van der Waals surface area contributed by atoms with Crippen LogP contribution in [0.15, 0.2) is 18.2 Å². The number of amides is 4. The third kappa shape index (κ3) is 10.4. The van der Waals surface area contributed by atoms with Crippen molar-refractivity contribution in [3.63, 3.8) is 0 Å². The molecule has 226 valence electrons. The van der Waals surface area contributed by atoms with Crippen LogP contribution in [0.1, 0.15) is 40.0 Å². The average Bonchev–Trinajstić information content (AvgIpc) is 3.13. The number of carboxylic acids is 2. The van der Waals surface area contributed by atoms with E-state index in [1.165, 1.54) is 6.07 Å². The number of aliphatic carboxylic acids is 2. The molecule has 0 bridgehead atoms. The molecule has 2 aliphatic heterocycles. The Balaban J connectivity index is 0.000000745. The van der Waals surface area contributed by atoms with Gasteiger partial charge in [0.1, 0.15) is 6.04 Å². The van der Waals surface area contributed by atoms with Gasteiger partial charge in [0, 0.05) is 18.7 Å². The van der Waals surface area contributed by atoms with Gasteiger partial charge in [-0.1, -0.05) is 0 Å². The third-order valence-corrected chi connectivity index (χ3v) is 5.46. The molecule has 2 heterocycles. The number of imide groups is 2. The van der Waals surface area contributed by atoms with Crippen molar-refractivity contribution >= 4 is 41.3 Å². The first-order valence-electron chi connectivity index (χ1n) is 12.2. The summed E-state index contributed by atoms with van der Waals surface area (Å²) in [5.41, 5.74) is 1.06. The van der Waals surface area contributed by atoms with Gasteiger partial charge in [-0.05, 0) is 24.6 Å². The molecule has 0 radical (unpaired) electrons. The molecule has 0 spiro atoms. The smallest absolute Gasteiger partial charge is 0.481 e. The Labute approximate surface area is 230 Å². The minimum absolute atomic E-state index is 0.0388. The topological polar surface area (TPSA) is 198 Å². The fraction of sp³-hybridized carbons (Fsp3) is 0.500. The second kappa shape index (κ2) is 15.6. The van der Waals surface area contributed by atoms with Crippen LogP contribution in [0.3, 0.4) is 0 Å². The maximum Gasteiger partial charge on any atom is 0.490 e. The lowest BCUT2D eigenvalue weighted by Gasteiger charge is -2.27. The maximum atomic E-state index is 12.8. The number of alkyl halides is 3. The average molecular weight is 591 g/mol. The van der Waals surface area contributed by atoms with Crippen LogP contribution in [0.4, 0.5) is 18.9 Å². The molecule has 3 rings (SSSR count). The number of fused-ring (bicyclic) bond motifs is 1. The predicted octanol–water partition coefficient (Wildman–Crippen LogP) is 0.658.